The Morgan fingerprint density at radius 1 is 1.17 bits per heavy atom. The van der Waals surface area contributed by atoms with E-state index < -0.39 is 0 Å². The van der Waals surface area contributed by atoms with E-state index in [-0.39, 0.29) is 11.9 Å². The summed E-state index contributed by atoms with van der Waals surface area (Å²) in [5.41, 5.74) is 1.46. The molecule has 1 aliphatic carbocycles. The lowest BCUT2D eigenvalue weighted by Crippen LogP contribution is -2.27. The molecular weight excluding hydrogens is 288 g/mol. The summed E-state index contributed by atoms with van der Waals surface area (Å²) in [6.07, 6.45) is 8.29. The highest BCUT2D eigenvalue weighted by Gasteiger charge is 2.16. The predicted octanol–water partition coefficient (Wildman–Crippen LogP) is 3.32. The summed E-state index contributed by atoms with van der Waals surface area (Å²) < 4.78 is 0. The lowest BCUT2D eigenvalue weighted by molar-refractivity contribution is 0.0939. The lowest BCUT2D eigenvalue weighted by atomic mass is 10.2. The summed E-state index contributed by atoms with van der Waals surface area (Å²) in [6, 6.07) is 9.59. The third-order valence-electron chi connectivity index (χ3n) is 4.21. The molecule has 5 heteroatoms. The number of nitrogens with zero attached hydrogens (tertiary/aromatic N) is 2. The SMILES string of the molecule is C[C@H](NC(=O)c1ccnc(NC2CCCC2)c1)c1ccccn1. The van der Waals surface area contributed by atoms with Crippen LogP contribution in [0, 0.1) is 0 Å². The Morgan fingerprint density at radius 2 is 2.00 bits per heavy atom. The Morgan fingerprint density at radius 3 is 2.74 bits per heavy atom. The summed E-state index contributed by atoms with van der Waals surface area (Å²) in [5, 5.41) is 6.39. The van der Waals surface area contributed by atoms with Crippen LogP contribution in [0.1, 0.15) is 54.7 Å². The molecule has 5 nitrogen and oxygen atoms in total. The van der Waals surface area contributed by atoms with E-state index in [4.69, 9.17) is 0 Å². The summed E-state index contributed by atoms with van der Waals surface area (Å²) in [4.78, 5) is 21.0. The van der Waals surface area contributed by atoms with Crippen molar-refractivity contribution < 1.29 is 4.79 Å². The number of hydrogen-bond acceptors (Lipinski definition) is 4. The Bertz CT molecular complexity index is 653. The molecule has 1 saturated carbocycles. The van der Waals surface area contributed by atoms with Crippen LogP contribution in [-0.4, -0.2) is 21.9 Å². The molecule has 3 rings (SSSR count). The Kier molecular flexibility index (Phi) is 4.86. The van der Waals surface area contributed by atoms with Crippen LogP contribution >= 0.6 is 0 Å². The fourth-order valence-corrected chi connectivity index (χ4v) is 2.92. The zero-order valence-corrected chi connectivity index (χ0v) is 13.3. The van der Waals surface area contributed by atoms with Gasteiger partial charge in [-0.1, -0.05) is 18.9 Å². The molecule has 0 unspecified atom stereocenters. The number of carbonyl (C=O) groups excluding carboxylic acids is 1. The highest BCUT2D eigenvalue weighted by atomic mass is 16.1. The van der Waals surface area contributed by atoms with Crippen molar-refractivity contribution in [2.45, 2.75) is 44.7 Å². The Balaban J connectivity index is 1.65. The van der Waals surface area contributed by atoms with Gasteiger partial charge in [0, 0.05) is 24.0 Å². The van der Waals surface area contributed by atoms with Gasteiger partial charge in [0.15, 0.2) is 0 Å². The lowest BCUT2D eigenvalue weighted by Gasteiger charge is -2.15. The molecule has 0 saturated heterocycles. The van der Waals surface area contributed by atoms with Crippen LogP contribution in [0.4, 0.5) is 5.82 Å². The van der Waals surface area contributed by atoms with E-state index in [1.807, 2.05) is 31.2 Å². The molecule has 2 N–H and O–H groups in total. The molecule has 2 aromatic heterocycles. The average Bonchev–Trinajstić information content (AvgIpc) is 3.09. The first kappa shape index (κ1) is 15.5. The first-order valence-electron chi connectivity index (χ1n) is 8.17. The van der Waals surface area contributed by atoms with Gasteiger partial charge in [0.25, 0.3) is 5.91 Å². The van der Waals surface area contributed by atoms with Crippen LogP contribution in [-0.2, 0) is 0 Å². The van der Waals surface area contributed by atoms with Crippen LogP contribution in [0.15, 0.2) is 42.7 Å². The molecule has 2 heterocycles. The number of rotatable bonds is 5. The normalized spacial score (nSPS) is 16.0. The molecule has 0 spiro atoms. The highest BCUT2D eigenvalue weighted by Crippen LogP contribution is 2.21. The second-order valence-electron chi connectivity index (χ2n) is 6.01. The molecule has 1 aliphatic rings. The van der Waals surface area contributed by atoms with Crippen molar-refractivity contribution in [1.82, 2.24) is 15.3 Å². The number of nitrogens with one attached hydrogen (secondary N) is 2. The molecule has 0 aliphatic heterocycles. The van der Waals surface area contributed by atoms with Gasteiger partial charge in [-0.25, -0.2) is 4.98 Å². The van der Waals surface area contributed by atoms with Gasteiger partial charge in [-0.15, -0.1) is 0 Å². The first-order chi connectivity index (χ1) is 11.2. The molecule has 120 valence electrons. The summed E-state index contributed by atoms with van der Waals surface area (Å²) >= 11 is 0. The molecule has 23 heavy (non-hydrogen) atoms. The number of pyridine rings is 2. The fraction of sp³-hybridized carbons (Fsp3) is 0.389. The van der Waals surface area contributed by atoms with Crippen LogP contribution in [0.3, 0.4) is 0 Å². The Hall–Kier alpha value is -2.43. The standard InChI is InChI=1S/C18H22N4O/c1-13(16-8-4-5-10-19-16)21-18(23)14-9-11-20-17(12-14)22-15-6-2-3-7-15/h4-5,8-13,15H,2-3,6-7H2,1H3,(H,20,22)(H,21,23)/t13-/m0/s1. The van der Waals surface area contributed by atoms with Crippen molar-refractivity contribution in [1.29, 1.82) is 0 Å². The van der Waals surface area contributed by atoms with Gasteiger partial charge >= 0.3 is 0 Å². The van der Waals surface area contributed by atoms with E-state index in [0.717, 1.165) is 11.5 Å². The molecule has 1 atom stereocenters. The van der Waals surface area contributed by atoms with E-state index in [1.165, 1.54) is 25.7 Å². The van der Waals surface area contributed by atoms with Crippen molar-refractivity contribution in [2.24, 2.45) is 0 Å². The molecule has 1 fully saturated rings. The van der Waals surface area contributed by atoms with Crippen LogP contribution in [0.5, 0.6) is 0 Å². The van der Waals surface area contributed by atoms with Crippen LogP contribution in [0.25, 0.3) is 0 Å². The second kappa shape index (κ2) is 7.22. The van der Waals surface area contributed by atoms with E-state index in [2.05, 4.69) is 20.6 Å². The predicted molar refractivity (Wildman–Crippen MR) is 90.2 cm³/mol. The monoisotopic (exact) mass is 310 g/mol. The van der Waals surface area contributed by atoms with Gasteiger partial charge < -0.3 is 10.6 Å². The van der Waals surface area contributed by atoms with E-state index in [9.17, 15) is 4.79 Å². The van der Waals surface area contributed by atoms with Crippen molar-refractivity contribution in [3.05, 3.63) is 54.0 Å². The maximum absolute atomic E-state index is 12.4. The van der Waals surface area contributed by atoms with Gasteiger partial charge in [0.2, 0.25) is 0 Å². The third kappa shape index (κ3) is 4.06. The van der Waals surface area contributed by atoms with Gasteiger partial charge in [-0.3, -0.25) is 9.78 Å². The quantitative estimate of drug-likeness (QED) is 0.889. The maximum atomic E-state index is 12.4. The van der Waals surface area contributed by atoms with Gasteiger partial charge in [-0.05, 0) is 44.0 Å². The third-order valence-corrected chi connectivity index (χ3v) is 4.21. The van der Waals surface area contributed by atoms with Crippen molar-refractivity contribution in [3.63, 3.8) is 0 Å². The molecule has 0 aromatic carbocycles. The van der Waals surface area contributed by atoms with Crippen molar-refractivity contribution in [3.8, 4) is 0 Å². The molecule has 1 amide bonds. The van der Waals surface area contributed by atoms with Crippen LogP contribution in [0.2, 0.25) is 0 Å². The number of hydrogen-bond donors (Lipinski definition) is 2. The number of carbonyl (C=O) groups is 1. The molecule has 0 radical (unpaired) electrons. The number of aromatic nitrogens is 2. The van der Waals surface area contributed by atoms with E-state index in [1.54, 1.807) is 18.5 Å². The summed E-state index contributed by atoms with van der Waals surface area (Å²) in [6.45, 7) is 1.93. The fourth-order valence-electron chi connectivity index (χ4n) is 2.92. The minimum absolute atomic E-state index is 0.111. The number of amides is 1. The molecule has 0 bridgehead atoms. The van der Waals surface area contributed by atoms with E-state index in [0.29, 0.717) is 11.6 Å². The minimum atomic E-state index is -0.136. The van der Waals surface area contributed by atoms with Gasteiger partial charge in [0.05, 0.1) is 11.7 Å². The Labute approximate surface area is 136 Å². The molecular formula is C18H22N4O. The topological polar surface area (TPSA) is 66.9 Å². The zero-order valence-electron chi connectivity index (χ0n) is 13.3. The summed E-state index contributed by atoms with van der Waals surface area (Å²) in [7, 11) is 0. The van der Waals surface area contributed by atoms with Crippen LogP contribution < -0.4 is 10.6 Å². The van der Waals surface area contributed by atoms with E-state index >= 15 is 0 Å². The number of anilines is 1. The first-order valence-corrected chi connectivity index (χ1v) is 8.17. The average molecular weight is 310 g/mol. The maximum Gasteiger partial charge on any atom is 0.251 e. The highest BCUT2D eigenvalue weighted by molar-refractivity contribution is 5.95. The minimum Gasteiger partial charge on any atom is -0.367 e. The van der Waals surface area contributed by atoms with Crippen molar-refractivity contribution in [2.75, 3.05) is 5.32 Å². The van der Waals surface area contributed by atoms with Crippen molar-refractivity contribution >= 4 is 11.7 Å². The second-order valence-corrected chi connectivity index (χ2v) is 6.01. The smallest absolute Gasteiger partial charge is 0.251 e. The zero-order chi connectivity index (χ0) is 16.1. The summed E-state index contributed by atoms with van der Waals surface area (Å²) in [5.74, 6) is 0.662. The molecule has 2 aromatic rings. The van der Waals surface area contributed by atoms with Gasteiger partial charge in [0.1, 0.15) is 5.82 Å². The largest absolute Gasteiger partial charge is 0.367 e. The van der Waals surface area contributed by atoms with Gasteiger partial charge in [-0.2, -0.15) is 0 Å².